The summed E-state index contributed by atoms with van der Waals surface area (Å²) in [4.78, 5) is 16.8. The van der Waals surface area contributed by atoms with Gasteiger partial charge in [-0.15, -0.1) is 0 Å². The number of fused-ring (bicyclic) bond motifs is 1. The molecule has 1 fully saturated rings. The van der Waals surface area contributed by atoms with Gasteiger partial charge in [0.15, 0.2) is 0 Å². The van der Waals surface area contributed by atoms with Gasteiger partial charge in [0.25, 0.3) is 0 Å². The summed E-state index contributed by atoms with van der Waals surface area (Å²) in [6, 6.07) is 11.3. The number of allylic oxidation sites excluding steroid dienone is 1. The molecule has 0 spiro atoms. The Bertz CT molecular complexity index is 803. The van der Waals surface area contributed by atoms with E-state index in [1.807, 2.05) is 6.92 Å². The molecule has 2 aliphatic rings. The van der Waals surface area contributed by atoms with E-state index in [0.717, 1.165) is 32.4 Å². The first-order chi connectivity index (χ1) is 14.0. The van der Waals surface area contributed by atoms with E-state index < -0.39 is 0 Å². The minimum Gasteiger partial charge on any atom is -0.326 e. The van der Waals surface area contributed by atoms with Crippen LogP contribution in [-0.2, 0) is 11.2 Å². The summed E-state index contributed by atoms with van der Waals surface area (Å²) in [6.07, 6.45) is 3.11. The molecule has 156 valence electrons. The van der Waals surface area contributed by atoms with Crippen LogP contribution in [0.1, 0.15) is 57.7 Å². The Balaban J connectivity index is 1.60. The van der Waals surface area contributed by atoms with Gasteiger partial charge in [-0.3, -0.25) is 9.69 Å². The fourth-order valence-corrected chi connectivity index (χ4v) is 4.52. The van der Waals surface area contributed by atoms with Gasteiger partial charge in [0.1, 0.15) is 6.04 Å². The average Bonchev–Trinajstić information content (AvgIpc) is 2.82. The molecule has 0 aromatic heterocycles. The second kappa shape index (κ2) is 9.56. The second-order valence-corrected chi connectivity index (χ2v) is 8.49. The molecular formula is C24H34N4O. The van der Waals surface area contributed by atoms with Crippen molar-refractivity contribution in [1.82, 2.24) is 15.1 Å². The molecule has 1 amide bonds. The fourth-order valence-electron chi connectivity index (χ4n) is 4.52. The number of aryl methyl sites for hydroxylation is 1. The largest absolute Gasteiger partial charge is 0.326 e. The first kappa shape index (κ1) is 21.5. The van der Waals surface area contributed by atoms with Crippen LogP contribution in [0.2, 0.25) is 0 Å². The molecule has 1 aliphatic heterocycles. The van der Waals surface area contributed by atoms with Crippen LogP contribution in [0.25, 0.3) is 0 Å². The van der Waals surface area contributed by atoms with E-state index in [-0.39, 0.29) is 11.9 Å². The van der Waals surface area contributed by atoms with Crippen molar-refractivity contribution in [3.63, 3.8) is 0 Å². The number of nitrogens with one attached hydrogen (secondary N) is 1. The number of amides is 1. The minimum atomic E-state index is -0.375. The van der Waals surface area contributed by atoms with E-state index in [0.29, 0.717) is 25.2 Å². The van der Waals surface area contributed by atoms with E-state index in [2.05, 4.69) is 54.4 Å². The van der Waals surface area contributed by atoms with Gasteiger partial charge in [0.2, 0.25) is 5.91 Å². The van der Waals surface area contributed by atoms with Crippen molar-refractivity contribution < 1.29 is 4.79 Å². The average molecular weight is 395 g/mol. The summed E-state index contributed by atoms with van der Waals surface area (Å²) in [5, 5.41) is 12.6. The number of carbonyl (C=O) groups excluding carboxylic acids is 1. The zero-order valence-corrected chi connectivity index (χ0v) is 18.2. The van der Waals surface area contributed by atoms with Gasteiger partial charge >= 0.3 is 0 Å². The number of hydrogen-bond donors (Lipinski definition) is 1. The Morgan fingerprint density at radius 2 is 2.03 bits per heavy atom. The second-order valence-electron chi connectivity index (χ2n) is 8.49. The predicted molar refractivity (Wildman–Crippen MR) is 116 cm³/mol. The molecule has 1 unspecified atom stereocenters. The quantitative estimate of drug-likeness (QED) is 0.720. The SMILES string of the molecule is CCCN(C(=O)CNC1CN(C2C(C)=C(C)CCc3ccccc32)C1)[C@@H](C)C#N. The summed E-state index contributed by atoms with van der Waals surface area (Å²) in [5.41, 5.74) is 5.87. The number of nitriles is 1. The minimum absolute atomic E-state index is 0.0195. The van der Waals surface area contributed by atoms with Gasteiger partial charge in [-0.1, -0.05) is 42.3 Å². The van der Waals surface area contributed by atoms with E-state index in [1.54, 1.807) is 11.8 Å². The Kier molecular flexibility index (Phi) is 7.10. The molecule has 0 radical (unpaired) electrons. The standard InChI is InChI=1S/C24H34N4O/c1-5-12-28(18(3)13-25)23(29)14-26-21-15-27(16-21)24-19(4)17(2)10-11-20-8-6-7-9-22(20)24/h6-9,18,21,24,26H,5,10-12,14-16H2,1-4H3/t18-,24?/m0/s1. The third kappa shape index (κ3) is 4.71. The van der Waals surface area contributed by atoms with Gasteiger partial charge < -0.3 is 10.2 Å². The fraction of sp³-hybridized carbons (Fsp3) is 0.583. The van der Waals surface area contributed by atoms with Crippen molar-refractivity contribution in [2.45, 2.75) is 65.1 Å². The molecular weight excluding hydrogens is 360 g/mol. The van der Waals surface area contributed by atoms with Crippen LogP contribution in [0.15, 0.2) is 35.4 Å². The van der Waals surface area contributed by atoms with Gasteiger partial charge in [0, 0.05) is 25.7 Å². The number of carbonyl (C=O) groups is 1. The summed E-state index contributed by atoms with van der Waals surface area (Å²) in [7, 11) is 0. The zero-order chi connectivity index (χ0) is 21.0. The first-order valence-corrected chi connectivity index (χ1v) is 10.9. The molecule has 1 saturated heterocycles. The van der Waals surface area contributed by atoms with Crippen LogP contribution >= 0.6 is 0 Å². The van der Waals surface area contributed by atoms with E-state index in [1.165, 1.54) is 22.3 Å². The van der Waals surface area contributed by atoms with E-state index in [4.69, 9.17) is 5.26 Å². The number of likely N-dealkylation sites (tertiary alicyclic amines) is 1. The number of benzene rings is 1. The lowest BCUT2D eigenvalue weighted by atomic mass is 9.91. The van der Waals surface area contributed by atoms with Crippen molar-refractivity contribution >= 4 is 5.91 Å². The third-order valence-corrected chi connectivity index (χ3v) is 6.46. The van der Waals surface area contributed by atoms with Gasteiger partial charge in [-0.05, 0) is 51.2 Å². The Hall–Kier alpha value is -2.16. The lowest BCUT2D eigenvalue weighted by Crippen LogP contribution is -2.60. The monoisotopic (exact) mass is 394 g/mol. The number of rotatable bonds is 7. The molecule has 0 bridgehead atoms. The summed E-state index contributed by atoms with van der Waals surface area (Å²) in [6.45, 7) is 11.2. The van der Waals surface area contributed by atoms with Crippen LogP contribution in [0.4, 0.5) is 0 Å². The maximum absolute atomic E-state index is 12.6. The topological polar surface area (TPSA) is 59.4 Å². The van der Waals surface area contributed by atoms with Crippen molar-refractivity contribution in [2.75, 3.05) is 26.2 Å². The summed E-state index contributed by atoms with van der Waals surface area (Å²) >= 11 is 0. The van der Waals surface area contributed by atoms with Crippen molar-refractivity contribution in [2.24, 2.45) is 0 Å². The molecule has 3 rings (SSSR count). The molecule has 1 aromatic carbocycles. The molecule has 5 nitrogen and oxygen atoms in total. The number of hydrogen-bond acceptors (Lipinski definition) is 4. The van der Waals surface area contributed by atoms with Gasteiger partial charge in [0.05, 0.1) is 18.7 Å². The smallest absolute Gasteiger partial charge is 0.237 e. The van der Waals surface area contributed by atoms with Crippen LogP contribution in [0, 0.1) is 11.3 Å². The molecule has 0 saturated carbocycles. The van der Waals surface area contributed by atoms with Crippen LogP contribution in [0.5, 0.6) is 0 Å². The lowest BCUT2D eigenvalue weighted by Gasteiger charge is -2.46. The number of nitrogens with zero attached hydrogens (tertiary/aromatic N) is 3. The molecule has 29 heavy (non-hydrogen) atoms. The first-order valence-electron chi connectivity index (χ1n) is 10.9. The van der Waals surface area contributed by atoms with Crippen molar-refractivity contribution in [3.05, 3.63) is 46.5 Å². The van der Waals surface area contributed by atoms with Gasteiger partial charge in [-0.2, -0.15) is 5.26 Å². The highest BCUT2D eigenvalue weighted by atomic mass is 16.2. The Morgan fingerprint density at radius 3 is 2.72 bits per heavy atom. The van der Waals surface area contributed by atoms with Crippen molar-refractivity contribution in [1.29, 1.82) is 5.26 Å². The van der Waals surface area contributed by atoms with Crippen LogP contribution < -0.4 is 5.32 Å². The molecule has 2 atom stereocenters. The molecule has 5 heteroatoms. The van der Waals surface area contributed by atoms with Crippen molar-refractivity contribution in [3.8, 4) is 6.07 Å². The molecule has 1 aliphatic carbocycles. The zero-order valence-electron chi connectivity index (χ0n) is 18.2. The molecule has 1 heterocycles. The Morgan fingerprint density at radius 1 is 1.31 bits per heavy atom. The van der Waals surface area contributed by atoms with Gasteiger partial charge in [-0.25, -0.2) is 0 Å². The van der Waals surface area contributed by atoms with Crippen LogP contribution in [-0.4, -0.2) is 54.0 Å². The lowest BCUT2D eigenvalue weighted by molar-refractivity contribution is -0.131. The highest BCUT2D eigenvalue weighted by molar-refractivity contribution is 5.79. The normalized spacial score (nSPS) is 21.0. The maximum Gasteiger partial charge on any atom is 0.237 e. The van der Waals surface area contributed by atoms with E-state index >= 15 is 0 Å². The third-order valence-electron chi connectivity index (χ3n) is 6.46. The predicted octanol–water partition coefficient (Wildman–Crippen LogP) is 3.43. The summed E-state index contributed by atoms with van der Waals surface area (Å²) in [5.74, 6) is 0.0195. The molecule has 1 N–H and O–H groups in total. The summed E-state index contributed by atoms with van der Waals surface area (Å²) < 4.78 is 0. The van der Waals surface area contributed by atoms with E-state index in [9.17, 15) is 4.79 Å². The highest BCUT2D eigenvalue weighted by Crippen LogP contribution is 2.39. The maximum atomic E-state index is 12.6. The molecule has 1 aromatic rings. The van der Waals surface area contributed by atoms with Crippen LogP contribution in [0.3, 0.4) is 0 Å². The Labute approximate surface area is 175 Å². The highest BCUT2D eigenvalue weighted by Gasteiger charge is 2.36.